The quantitative estimate of drug-likeness (QED) is 0.868. The molecule has 5 heteroatoms. The molecule has 2 aromatic rings. The van der Waals surface area contributed by atoms with Gasteiger partial charge in [-0.3, -0.25) is 4.40 Å². The number of nitrogens with zero attached hydrogens (tertiary/aromatic N) is 4. The third-order valence-electron chi connectivity index (χ3n) is 5.61. The van der Waals surface area contributed by atoms with Crippen LogP contribution in [0.15, 0.2) is 24.4 Å². The fourth-order valence-corrected chi connectivity index (χ4v) is 4.39. The number of aromatic nitrogens is 3. The second kappa shape index (κ2) is 6.45. The predicted molar refractivity (Wildman–Crippen MR) is 94.2 cm³/mol. The largest absolute Gasteiger partial charge is 0.376 e. The average molecular weight is 328 g/mol. The molecular weight excluding hydrogens is 300 g/mol. The molecule has 1 atom stereocenters. The molecule has 5 nitrogen and oxygen atoms in total. The maximum absolute atomic E-state index is 5.86. The molecular formula is C19H28N4O. The topological polar surface area (TPSA) is 42.7 Å². The van der Waals surface area contributed by atoms with Crippen molar-refractivity contribution in [3.8, 4) is 0 Å². The van der Waals surface area contributed by atoms with Crippen molar-refractivity contribution in [3.05, 3.63) is 30.2 Å². The highest BCUT2D eigenvalue weighted by Gasteiger charge is 2.31. The zero-order valence-electron chi connectivity index (χ0n) is 14.8. The molecule has 2 aromatic heterocycles. The number of pyridine rings is 1. The first-order chi connectivity index (χ1) is 11.6. The molecule has 0 unspecified atom stereocenters. The second-order valence-electron chi connectivity index (χ2n) is 8.03. The van der Waals surface area contributed by atoms with Crippen LogP contribution in [0.1, 0.15) is 51.3 Å². The first-order valence-electron chi connectivity index (χ1n) is 9.27. The summed E-state index contributed by atoms with van der Waals surface area (Å²) in [6.45, 7) is 8.93. The van der Waals surface area contributed by atoms with Crippen molar-refractivity contribution in [1.82, 2.24) is 19.5 Å². The minimum absolute atomic E-state index is 0.0572. The van der Waals surface area contributed by atoms with Gasteiger partial charge in [0.15, 0.2) is 5.65 Å². The van der Waals surface area contributed by atoms with Crippen LogP contribution >= 0.6 is 0 Å². The molecule has 0 amide bonds. The lowest BCUT2D eigenvalue weighted by Crippen LogP contribution is -2.42. The number of ether oxygens (including phenoxy) is 1. The van der Waals surface area contributed by atoms with Crippen molar-refractivity contribution in [3.63, 3.8) is 0 Å². The van der Waals surface area contributed by atoms with Gasteiger partial charge in [0.25, 0.3) is 0 Å². The molecule has 130 valence electrons. The Kier molecular flexibility index (Phi) is 4.31. The predicted octanol–water partition coefficient (Wildman–Crippen LogP) is 3.11. The third-order valence-corrected chi connectivity index (χ3v) is 5.61. The van der Waals surface area contributed by atoms with E-state index in [9.17, 15) is 0 Å². The van der Waals surface area contributed by atoms with Gasteiger partial charge in [0.1, 0.15) is 5.82 Å². The van der Waals surface area contributed by atoms with E-state index in [2.05, 4.69) is 45.6 Å². The molecule has 0 saturated carbocycles. The molecule has 2 aliphatic heterocycles. The van der Waals surface area contributed by atoms with E-state index in [4.69, 9.17) is 4.74 Å². The van der Waals surface area contributed by atoms with Gasteiger partial charge in [-0.25, -0.2) is 0 Å². The molecule has 0 N–H and O–H groups in total. The molecule has 2 fully saturated rings. The van der Waals surface area contributed by atoms with Crippen molar-refractivity contribution in [2.45, 2.75) is 51.0 Å². The van der Waals surface area contributed by atoms with Crippen LogP contribution < -0.4 is 0 Å². The van der Waals surface area contributed by atoms with Gasteiger partial charge in [-0.15, -0.1) is 10.2 Å². The fraction of sp³-hybridized carbons (Fsp3) is 0.684. The molecule has 0 aliphatic carbocycles. The summed E-state index contributed by atoms with van der Waals surface area (Å²) in [6.07, 6.45) is 6.84. The van der Waals surface area contributed by atoms with Gasteiger partial charge in [-0.1, -0.05) is 6.07 Å². The Hall–Kier alpha value is -1.46. The normalized spacial score (nSPS) is 26.0. The highest BCUT2D eigenvalue weighted by molar-refractivity contribution is 5.37. The smallest absolute Gasteiger partial charge is 0.160 e. The molecule has 2 aliphatic rings. The average Bonchev–Trinajstić information content (AvgIpc) is 2.99. The summed E-state index contributed by atoms with van der Waals surface area (Å²) >= 11 is 0. The van der Waals surface area contributed by atoms with Crippen molar-refractivity contribution in [1.29, 1.82) is 0 Å². The number of fused-ring (bicyclic) bond motifs is 1. The molecule has 24 heavy (non-hydrogen) atoms. The number of piperidine rings is 1. The maximum Gasteiger partial charge on any atom is 0.160 e. The van der Waals surface area contributed by atoms with E-state index in [1.54, 1.807) is 0 Å². The standard InChI is InChI=1S/C19H28N4O/c1-19(2)13-15(8-12-24-19)14-22-10-6-16(7-11-22)18-21-20-17-5-3-4-9-23(17)18/h3-5,9,15-16H,6-8,10-14H2,1-2H3/t15-/m1/s1. The van der Waals surface area contributed by atoms with Gasteiger partial charge in [-0.2, -0.15) is 0 Å². The number of hydrogen-bond acceptors (Lipinski definition) is 4. The molecule has 2 saturated heterocycles. The van der Waals surface area contributed by atoms with E-state index in [1.165, 1.54) is 45.3 Å². The Balaban J connectivity index is 1.35. The van der Waals surface area contributed by atoms with E-state index in [1.807, 2.05) is 12.1 Å². The van der Waals surface area contributed by atoms with Crippen molar-refractivity contribution < 1.29 is 4.74 Å². The van der Waals surface area contributed by atoms with Crippen LogP contribution in [0.25, 0.3) is 5.65 Å². The Morgan fingerprint density at radius 3 is 2.79 bits per heavy atom. The summed E-state index contributed by atoms with van der Waals surface area (Å²) in [4.78, 5) is 2.64. The van der Waals surface area contributed by atoms with Gasteiger partial charge in [0, 0.05) is 25.3 Å². The SMILES string of the molecule is CC1(C)C[C@H](CN2CCC(c3nnc4ccccn34)CC2)CCO1. The second-order valence-corrected chi connectivity index (χ2v) is 8.03. The summed E-state index contributed by atoms with van der Waals surface area (Å²) in [6, 6.07) is 6.10. The summed E-state index contributed by atoms with van der Waals surface area (Å²) in [5, 5.41) is 8.76. The number of likely N-dealkylation sites (tertiary alicyclic amines) is 1. The first kappa shape index (κ1) is 16.0. The monoisotopic (exact) mass is 328 g/mol. The Bertz CT molecular complexity index is 687. The number of rotatable bonds is 3. The zero-order chi connectivity index (χ0) is 16.6. The zero-order valence-corrected chi connectivity index (χ0v) is 14.8. The van der Waals surface area contributed by atoms with E-state index in [-0.39, 0.29) is 5.60 Å². The van der Waals surface area contributed by atoms with Crippen molar-refractivity contribution >= 4 is 5.65 Å². The summed E-state index contributed by atoms with van der Waals surface area (Å²) < 4.78 is 8.01. The molecule has 0 bridgehead atoms. The third kappa shape index (κ3) is 3.33. The molecule has 0 radical (unpaired) electrons. The maximum atomic E-state index is 5.86. The first-order valence-corrected chi connectivity index (χ1v) is 9.27. The van der Waals surface area contributed by atoms with Crippen LogP contribution in [0.3, 0.4) is 0 Å². The van der Waals surface area contributed by atoms with Crippen molar-refractivity contribution in [2.24, 2.45) is 5.92 Å². The summed E-state index contributed by atoms with van der Waals surface area (Å²) in [5.41, 5.74) is 1.01. The van der Waals surface area contributed by atoms with Gasteiger partial charge in [0.05, 0.1) is 5.60 Å². The van der Waals surface area contributed by atoms with Gasteiger partial charge < -0.3 is 9.64 Å². The highest BCUT2D eigenvalue weighted by atomic mass is 16.5. The number of hydrogen-bond donors (Lipinski definition) is 0. The van der Waals surface area contributed by atoms with Crippen LogP contribution in [0.4, 0.5) is 0 Å². The lowest BCUT2D eigenvalue weighted by atomic mass is 9.87. The highest BCUT2D eigenvalue weighted by Crippen LogP contribution is 2.32. The van der Waals surface area contributed by atoms with Crippen molar-refractivity contribution in [2.75, 3.05) is 26.2 Å². The fourth-order valence-electron chi connectivity index (χ4n) is 4.39. The summed E-state index contributed by atoms with van der Waals surface area (Å²) in [5.74, 6) is 2.45. The minimum atomic E-state index is 0.0572. The van der Waals surface area contributed by atoms with Gasteiger partial charge >= 0.3 is 0 Å². The molecule has 0 spiro atoms. The van der Waals surface area contributed by atoms with Crippen LogP contribution in [-0.2, 0) is 4.74 Å². The molecule has 4 heterocycles. The van der Waals surface area contributed by atoms with E-state index in [0.717, 1.165) is 24.0 Å². The Morgan fingerprint density at radius 1 is 1.17 bits per heavy atom. The van der Waals surface area contributed by atoms with E-state index < -0.39 is 0 Å². The Morgan fingerprint density at radius 2 is 2.00 bits per heavy atom. The van der Waals surface area contributed by atoms with Gasteiger partial charge in [0.2, 0.25) is 0 Å². The van der Waals surface area contributed by atoms with Crippen LogP contribution in [0, 0.1) is 5.92 Å². The Labute approximate surface area is 144 Å². The van der Waals surface area contributed by atoms with Crippen LogP contribution in [-0.4, -0.2) is 51.3 Å². The van der Waals surface area contributed by atoms with E-state index in [0.29, 0.717) is 5.92 Å². The lowest BCUT2D eigenvalue weighted by Gasteiger charge is -2.39. The van der Waals surface area contributed by atoms with Gasteiger partial charge in [-0.05, 0) is 70.7 Å². The lowest BCUT2D eigenvalue weighted by molar-refractivity contribution is -0.0775. The molecule has 0 aromatic carbocycles. The van der Waals surface area contributed by atoms with Crippen LogP contribution in [0.5, 0.6) is 0 Å². The summed E-state index contributed by atoms with van der Waals surface area (Å²) in [7, 11) is 0. The minimum Gasteiger partial charge on any atom is -0.376 e. The van der Waals surface area contributed by atoms with E-state index >= 15 is 0 Å². The molecule has 4 rings (SSSR count). The van der Waals surface area contributed by atoms with Crippen LogP contribution in [0.2, 0.25) is 0 Å².